The summed E-state index contributed by atoms with van der Waals surface area (Å²) in [5.41, 5.74) is 2.04. The van der Waals surface area contributed by atoms with Crippen LogP contribution in [0.4, 0.5) is 5.69 Å². The Bertz CT molecular complexity index is 904. The maximum Gasteiger partial charge on any atom is 0.267 e. The lowest BCUT2D eigenvalue weighted by Crippen LogP contribution is -2.32. The molecule has 0 atom stereocenters. The van der Waals surface area contributed by atoms with Crippen molar-refractivity contribution in [2.75, 3.05) is 10.8 Å². The molecule has 0 amide bonds. The van der Waals surface area contributed by atoms with Crippen LogP contribution in [-0.4, -0.2) is 24.7 Å². The van der Waals surface area contributed by atoms with Crippen LogP contribution in [0.15, 0.2) is 35.4 Å². The normalized spacial score (nSPS) is 16.0. The molecule has 0 saturated heterocycles. The van der Waals surface area contributed by atoms with Crippen LogP contribution in [0.1, 0.15) is 70.7 Å². The van der Waals surface area contributed by atoms with E-state index in [1.165, 1.54) is 17.1 Å². The van der Waals surface area contributed by atoms with Gasteiger partial charge in [-0.1, -0.05) is 45.7 Å². The molecule has 1 aliphatic carbocycles. The van der Waals surface area contributed by atoms with Gasteiger partial charge in [0.25, 0.3) is 10.0 Å². The number of aromatic nitrogens is 2. The molecule has 1 aromatic heterocycles. The molecule has 1 heterocycles. The number of sulfonamides is 1. The molecule has 0 radical (unpaired) electrons. The first kappa shape index (κ1) is 19.9. The van der Waals surface area contributed by atoms with Gasteiger partial charge in [-0.15, -0.1) is 0 Å². The van der Waals surface area contributed by atoms with Crippen molar-refractivity contribution in [1.29, 1.82) is 0 Å². The van der Waals surface area contributed by atoms with Gasteiger partial charge < -0.3 is 0 Å². The number of nitrogens with zero attached hydrogens (tertiary/aromatic N) is 3. The highest BCUT2D eigenvalue weighted by molar-refractivity contribution is 7.92. The van der Waals surface area contributed by atoms with Crippen LogP contribution in [0.5, 0.6) is 0 Å². The van der Waals surface area contributed by atoms with Crippen LogP contribution in [0.3, 0.4) is 0 Å². The molecule has 1 aromatic carbocycles. The van der Waals surface area contributed by atoms with Crippen molar-refractivity contribution in [2.45, 2.75) is 76.7 Å². The predicted molar refractivity (Wildman–Crippen MR) is 110 cm³/mol. The Morgan fingerprint density at radius 1 is 1.22 bits per heavy atom. The first-order chi connectivity index (χ1) is 12.6. The summed E-state index contributed by atoms with van der Waals surface area (Å²) >= 11 is 0. The molecule has 148 valence electrons. The maximum atomic E-state index is 13.6. The highest BCUT2D eigenvalue weighted by atomic mass is 32.2. The zero-order chi connectivity index (χ0) is 19.8. The van der Waals surface area contributed by atoms with Crippen LogP contribution in [0, 0.1) is 6.92 Å². The van der Waals surface area contributed by atoms with Crippen molar-refractivity contribution in [3.05, 3.63) is 41.7 Å². The van der Waals surface area contributed by atoms with Crippen LogP contribution in [0.2, 0.25) is 0 Å². The molecule has 27 heavy (non-hydrogen) atoms. The monoisotopic (exact) mass is 389 g/mol. The molecule has 1 aliphatic rings. The molecular weight excluding hydrogens is 358 g/mol. The van der Waals surface area contributed by atoms with E-state index in [2.05, 4.69) is 0 Å². The summed E-state index contributed by atoms with van der Waals surface area (Å²) in [5, 5.41) is 4.77. The number of benzene rings is 1. The number of anilines is 1. The SMILES string of the molecule is CCN(c1cccc(C)c1)S(=O)(=O)c1cn(C2CCCC2)nc1C(C)(C)C. The first-order valence-electron chi connectivity index (χ1n) is 9.83. The summed E-state index contributed by atoms with van der Waals surface area (Å²) in [6.45, 7) is 10.3. The zero-order valence-electron chi connectivity index (χ0n) is 17.1. The smallest absolute Gasteiger partial charge is 0.267 e. The summed E-state index contributed by atoms with van der Waals surface area (Å²) in [6.07, 6.45) is 6.27. The molecule has 6 heteroatoms. The van der Waals surface area contributed by atoms with Gasteiger partial charge in [-0.05, 0) is 44.4 Å². The van der Waals surface area contributed by atoms with Crippen LogP contribution >= 0.6 is 0 Å². The van der Waals surface area contributed by atoms with E-state index in [1.54, 1.807) is 6.20 Å². The lowest BCUT2D eigenvalue weighted by molar-refractivity contribution is 0.448. The summed E-state index contributed by atoms with van der Waals surface area (Å²) in [6, 6.07) is 7.95. The lowest BCUT2D eigenvalue weighted by Gasteiger charge is -2.25. The third-order valence-electron chi connectivity index (χ3n) is 5.25. The number of hydrogen-bond acceptors (Lipinski definition) is 3. The quantitative estimate of drug-likeness (QED) is 0.737. The highest BCUT2D eigenvalue weighted by Crippen LogP contribution is 2.35. The van der Waals surface area contributed by atoms with Gasteiger partial charge in [0.2, 0.25) is 0 Å². The maximum absolute atomic E-state index is 13.6. The molecule has 1 fully saturated rings. The van der Waals surface area contributed by atoms with Crippen molar-refractivity contribution in [1.82, 2.24) is 9.78 Å². The fourth-order valence-corrected chi connectivity index (χ4v) is 5.63. The van der Waals surface area contributed by atoms with Gasteiger partial charge in [0, 0.05) is 18.2 Å². The van der Waals surface area contributed by atoms with E-state index < -0.39 is 10.0 Å². The Morgan fingerprint density at radius 3 is 2.44 bits per heavy atom. The number of hydrogen-bond donors (Lipinski definition) is 0. The topological polar surface area (TPSA) is 55.2 Å². The van der Waals surface area contributed by atoms with E-state index in [0.717, 1.165) is 18.4 Å². The molecular formula is C21H31N3O2S. The van der Waals surface area contributed by atoms with Crippen molar-refractivity contribution in [3.63, 3.8) is 0 Å². The van der Waals surface area contributed by atoms with Crippen molar-refractivity contribution in [3.8, 4) is 0 Å². The number of aryl methyl sites for hydroxylation is 1. The van der Waals surface area contributed by atoms with Gasteiger partial charge in [-0.3, -0.25) is 8.99 Å². The highest BCUT2D eigenvalue weighted by Gasteiger charge is 2.35. The Morgan fingerprint density at radius 2 is 1.89 bits per heavy atom. The van der Waals surface area contributed by atoms with Crippen molar-refractivity contribution in [2.24, 2.45) is 0 Å². The van der Waals surface area contributed by atoms with E-state index in [-0.39, 0.29) is 5.41 Å². The Hall–Kier alpha value is -1.82. The van der Waals surface area contributed by atoms with E-state index >= 15 is 0 Å². The molecule has 0 bridgehead atoms. The first-order valence-corrected chi connectivity index (χ1v) is 11.3. The molecule has 2 aromatic rings. The van der Waals surface area contributed by atoms with E-state index in [4.69, 9.17) is 5.10 Å². The van der Waals surface area contributed by atoms with Gasteiger partial charge in [0.1, 0.15) is 4.90 Å². The summed E-state index contributed by atoms with van der Waals surface area (Å²) in [5.74, 6) is 0. The summed E-state index contributed by atoms with van der Waals surface area (Å²) < 4.78 is 30.7. The van der Waals surface area contributed by atoms with Crippen LogP contribution in [-0.2, 0) is 15.4 Å². The summed E-state index contributed by atoms with van der Waals surface area (Å²) in [4.78, 5) is 0.338. The second-order valence-electron chi connectivity index (χ2n) is 8.52. The molecule has 1 saturated carbocycles. The second-order valence-corrected chi connectivity index (χ2v) is 10.3. The largest absolute Gasteiger partial charge is 0.268 e. The van der Waals surface area contributed by atoms with E-state index in [0.29, 0.717) is 28.9 Å². The fraction of sp³-hybridized carbons (Fsp3) is 0.571. The average Bonchev–Trinajstić information content (AvgIpc) is 3.24. The Kier molecular flexibility index (Phi) is 5.39. The molecule has 0 unspecified atom stereocenters. The molecule has 3 rings (SSSR count). The van der Waals surface area contributed by atoms with Gasteiger partial charge in [-0.25, -0.2) is 8.42 Å². The minimum absolute atomic E-state index is 0.309. The zero-order valence-corrected chi connectivity index (χ0v) is 17.9. The lowest BCUT2D eigenvalue weighted by atomic mass is 9.92. The fourth-order valence-electron chi connectivity index (χ4n) is 3.83. The van der Waals surface area contributed by atoms with E-state index in [9.17, 15) is 8.42 Å². The molecule has 0 spiro atoms. The van der Waals surface area contributed by atoms with Crippen LogP contribution in [0.25, 0.3) is 0 Å². The average molecular weight is 390 g/mol. The van der Waals surface area contributed by atoms with Crippen LogP contribution < -0.4 is 4.31 Å². The van der Waals surface area contributed by atoms with Crippen molar-refractivity contribution >= 4 is 15.7 Å². The standard InChI is InChI=1S/C21H31N3O2S/c1-6-24(18-13-9-10-16(2)14-18)27(25,26)19-15-23(17-11-7-8-12-17)22-20(19)21(3,4)5/h9-10,13-15,17H,6-8,11-12H2,1-5H3. The van der Waals surface area contributed by atoms with E-state index in [1.807, 2.05) is 63.6 Å². The Balaban J connectivity index is 2.11. The second kappa shape index (κ2) is 7.30. The van der Waals surface area contributed by atoms with Crippen molar-refractivity contribution < 1.29 is 8.42 Å². The van der Waals surface area contributed by atoms with Gasteiger partial charge in [-0.2, -0.15) is 5.10 Å². The predicted octanol–water partition coefficient (Wildman–Crippen LogP) is 4.82. The third kappa shape index (κ3) is 3.91. The minimum Gasteiger partial charge on any atom is -0.268 e. The number of rotatable bonds is 5. The van der Waals surface area contributed by atoms with Gasteiger partial charge in [0.15, 0.2) is 0 Å². The molecule has 0 aliphatic heterocycles. The van der Waals surface area contributed by atoms with Gasteiger partial charge in [0.05, 0.1) is 17.4 Å². The summed E-state index contributed by atoms with van der Waals surface area (Å²) in [7, 11) is -3.69. The Labute approximate surface area is 163 Å². The third-order valence-corrected chi connectivity index (χ3v) is 7.16. The molecule has 0 N–H and O–H groups in total. The minimum atomic E-state index is -3.69. The van der Waals surface area contributed by atoms with Gasteiger partial charge >= 0.3 is 0 Å². The molecule has 5 nitrogen and oxygen atoms in total.